The van der Waals surface area contributed by atoms with E-state index in [2.05, 4.69) is 12.2 Å². The lowest BCUT2D eigenvalue weighted by atomic mass is 9.87. The number of nitrogens with zero attached hydrogens (tertiary/aromatic N) is 1. The van der Waals surface area contributed by atoms with Crippen LogP contribution in [0.2, 0.25) is 0 Å². The number of nitrogens with one attached hydrogen (secondary N) is 1. The minimum absolute atomic E-state index is 0.0391. The number of fused-ring (bicyclic) bond motifs is 1. The van der Waals surface area contributed by atoms with Crippen molar-refractivity contribution in [2.75, 3.05) is 6.54 Å². The third-order valence-corrected chi connectivity index (χ3v) is 7.49. The first kappa shape index (κ1) is 27.8. The summed E-state index contributed by atoms with van der Waals surface area (Å²) in [5.74, 6) is -0.0300. The number of carbonyl (C=O) groups excluding carboxylic acids is 3. The third kappa shape index (κ3) is 7.54. The Morgan fingerprint density at radius 2 is 1.56 bits per heavy atom. The average molecular weight is 505 g/mol. The molecule has 9 heteroatoms. The van der Waals surface area contributed by atoms with Crippen LogP contribution in [-0.4, -0.2) is 24.4 Å². The molecule has 1 aliphatic heterocycles. The molecule has 1 aliphatic rings. The van der Waals surface area contributed by atoms with Gasteiger partial charge in [-0.05, 0) is 25.0 Å². The van der Waals surface area contributed by atoms with Gasteiger partial charge in [-0.15, -0.1) is 0 Å². The van der Waals surface area contributed by atoms with E-state index < -0.39 is 11.5 Å². The summed E-state index contributed by atoms with van der Waals surface area (Å²) in [4.78, 5) is 38.6. The number of carbonyl (C=O) groups is 3. The van der Waals surface area contributed by atoms with Gasteiger partial charge in [0.25, 0.3) is 0 Å². The number of amides is 1. The highest BCUT2D eigenvalue weighted by molar-refractivity contribution is 8.24. The second-order valence-electron chi connectivity index (χ2n) is 8.88. The number of Topliss-reactive ketones (excluding diaryl/α,β-unsaturated/α-hetero) is 1. The maximum atomic E-state index is 12.9. The number of benzene rings is 1. The summed E-state index contributed by atoms with van der Waals surface area (Å²) >= 11 is 2.36. The molecule has 34 heavy (non-hydrogen) atoms. The Kier molecular flexibility index (Phi) is 10.5. The van der Waals surface area contributed by atoms with Crippen LogP contribution in [0.25, 0.3) is 0 Å². The van der Waals surface area contributed by atoms with Crippen molar-refractivity contribution >= 4 is 41.4 Å². The molecule has 1 heterocycles. The van der Waals surface area contributed by atoms with Gasteiger partial charge in [0, 0.05) is 18.4 Å². The molecule has 7 nitrogen and oxygen atoms in total. The Hall–Kier alpha value is -2.44. The highest BCUT2D eigenvalue weighted by Gasteiger charge is 2.34. The molecule has 0 aromatic heterocycles. The summed E-state index contributed by atoms with van der Waals surface area (Å²) in [7, 11) is 0. The molecule has 0 aliphatic carbocycles. The number of esters is 1. The van der Waals surface area contributed by atoms with Crippen molar-refractivity contribution in [3.8, 4) is 17.6 Å². The van der Waals surface area contributed by atoms with Gasteiger partial charge in [-0.2, -0.15) is 5.26 Å². The molecule has 1 aromatic carbocycles. The number of unbranched alkanes of at least 4 members (excludes halogenated alkanes) is 3. The van der Waals surface area contributed by atoms with Gasteiger partial charge in [0.05, 0.1) is 14.0 Å². The van der Waals surface area contributed by atoms with E-state index in [-0.39, 0.29) is 23.1 Å². The number of rotatable bonds is 10. The fourth-order valence-corrected chi connectivity index (χ4v) is 5.52. The number of ketones is 1. The lowest BCUT2D eigenvalue weighted by molar-refractivity contribution is -0.134. The number of nitriles is 1. The van der Waals surface area contributed by atoms with Crippen LogP contribution in [0.4, 0.5) is 4.79 Å². The van der Waals surface area contributed by atoms with E-state index in [0.29, 0.717) is 32.7 Å². The number of hydrogen-bond donors (Lipinski definition) is 1. The molecular formula is C25H32N2O5S2. The Morgan fingerprint density at radius 1 is 0.971 bits per heavy atom. The van der Waals surface area contributed by atoms with Crippen LogP contribution in [0, 0.1) is 16.7 Å². The zero-order valence-electron chi connectivity index (χ0n) is 20.4. The molecule has 1 amide bonds. The van der Waals surface area contributed by atoms with E-state index in [0.717, 1.165) is 32.1 Å². The molecule has 1 aromatic rings. The SMILES string of the molecule is CCCCCC(=O)Oc1ccc(OC(=O)NCCCC)c2c1S/C(=C(/C#N)C(=O)C(C)(C)C)S2. The summed E-state index contributed by atoms with van der Waals surface area (Å²) < 4.78 is 11.6. The number of allylic oxidation sites excluding steroid dienone is 1. The lowest BCUT2D eigenvalue weighted by Crippen LogP contribution is -2.27. The van der Waals surface area contributed by atoms with Crippen molar-refractivity contribution in [1.29, 1.82) is 5.26 Å². The molecule has 0 unspecified atom stereocenters. The summed E-state index contributed by atoms with van der Waals surface area (Å²) in [5, 5.41) is 12.4. The smallest absolute Gasteiger partial charge is 0.412 e. The normalized spacial score (nSPS) is 14.1. The molecule has 0 saturated heterocycles. The van der Waals surface area contributed by atoms with Gasteiger partial charge in [-0.25, -0.2) is 4.79 Å². The Labute approximate surface area is 210 Å². The monoisotopic (exact) mass is 504 g/mol. The molecule has 0 fully saturated rings. The van der Waals surface area contributed by atoms with Gasteiger partial charge in [-0.1, -0.05) is 77.4 Å². The first-order chi connectivity index (χ1) is 16.1. The van der Waals surface area contributed by atoms with Crippen LogP contribution in [0.1, 0.15) is 73.1 Å². The average Bonchev–Trinajstić information content (AvgIpc) is 3.21. The molecule has 184 valence electrons. The fourth-order valence-electron chi connectivity index (χ4n) is 2.95. The number of hydrogen-bond acceptors (Lipinski definition) is 8. The molecule has 0 radical (unpaired) electrons. The van der Waals surface area contributed by atoms with E-state index in [1.165, 1.54) is 23.5 Å². The van der Waals surface area contributed by atoms with Crippen molar-refractivity contribution in [2.45, 2.75) is 82.9 Å². The predicted molar refractivity (Wildman–Crippen MR) is 134 cm³/mol. The van der Waals surface area contributed by atoms with Crippen molar-refractivity contribution in [3.63, 3.8) is 0 Å². The van der Waals surface area contributed by atoms with Gasteiger partial charge in [0.2, 0.25) is 0 Å². The Morgan fingerprint density at radius 3 is 2.09 bits per heavy atom. The zero-order chi connectivity index (χ0) is 25.3. The Bertz CT molecular complexity index is 951. The van der Waals surface area contributed by atoms with Crippen LogP contribution >= 0.6 is 23.5 Å². The van der Waals surface area contributed by atoms with Gasteiger partial charge in [0.1, 0.15) is 23.1 Å². The summed E-state index contributed by atoms with van der Waals surface area (Å²) in [6.45, 7) is 9.84. The molecule has 0 bridgehead atoms. The van der Waals surface area contributed by atoms with Crippen LogP contribution in [0.15, 0.2) is 31.7 Å². The van der Waals surface area contributed by atoms with Crippen LogP contribution in [0.3, 0.4) is 0 Å². The second kappa shape index (κ2) is 12.9. The minimum atomic E-state index is -0.735. The molecular weight excluding hydrogens is 472 g/mol. The van der Waals surface area contributed by atoms with E-state index in [1.54, 1.807) is 32.9 Å². The van der Waals surface area contributed by atoms with Crippen molar-refractivity contribution in [3.05, 3.63) is 21.9 Å². The zero-order valence-corrected chi connectivity index (χ0v) is 22.0. The molecule has 0 saturated carbocycles. The summed E-state index contributed by atoms with van der Waals surface area (Å²) in [6, 6.07) is 5.19. The van der Waals surface area contributed by atoms with Crippen molar-refractivity contribution in [1.82, 2.24) is 5.32 Å². The van der Waals surface area contributed by atoms with E-state index >= 15 is 0 Å². The van der Waals surface area contributed by atoms with Crippen molar-refractivity contribution in [2.24, 2.45) is 5.41 Å². The molecule has 2 rings (SSSR count). The first-order valence-electron chi connectivity index (χ1n) is 11.5. The lowest BCUT2D eigenvalue weighted by Gasteiger charge is -2.16. The maximum Gasteiger partial charge on any atom is 0.412 e. The quantitative estimate of drug-likeness (QED) is 0.125. The van der Waals surface area contributed by atoms with Gasteiger partial charge in [0.15, 0.2) is 5.78 Å². The topological polar surface area (TPSA) is 105 Å². The van der Waals surface area contributed by atoms with Gasteiger partial charge >= 0.3 is 12.1 Å². The summed E-state index contributed by atoms with van der Waals surface area (Å²) in [5.41, 5.74) is -0.696. The molecule has 0 atom stereocenters. The fraction of sp³-hybridized carbons (Fsp3) is 0.520. The minimum Gasteiger partial charge on any atom is -0.425 e. The molecule has 1 N–H and O–H groups in total. The largest absolute Gasteiger partial charge is 0.425 e. The van der Waals surface area contributed by atoms with Crippen LogP contribution < -0.4 is 14.8 Å². The number of thioether (sulfide) groups is 2. The van der Waals surface area contributed by atoms with Crippen molar-refractivity contribution < 1.29 is 23.9 Å². The Balaban J connectivity index is 2.39. The molecule has 0 spiro atoms. The van der Waals surface area contributed by atoms with E-state index in [1.807, 2.05) is 13.0 Å². The van der Waals surface area contributed by atoms with Crippen LogP contribution in [0.5, 0.6) is 11.5 Å². The van der Waals surface area contributed by atoms with E-state index in [9.17, 15) is 19.6 Å². The predicted octanol–water partition coefficient (Wildman–Crippen LogP) is 6.61. The standard InChI is InChI=1S/C25H32N2O5S2/c1-6-8-10-11-19(28)31-17-12-13-18(32-24(30)27-14-9-7-2)21-20(17)33-23(34-21)16(15-26)22(29)25(3,4)5/h12-13H,6-11,14H2,1-5H3,(H,27,30)/b23-16+. The first-order valence-corrected chi connectivity index (χ1v) is 13.1. The van der Waals surface area contributed by atoms with Gasteiger partial charge < -0.3 is 14.8 Å². The van der Waals surface area contributed by atoms with Crippen LogP contribution in [-0.2, 0) is 9.59 Å². The maximum absolute atomic E-state index is 12.9. The highest BCUT2D eigenvalue weighted by Crippen LogP contribution is 2.59. The third-order valence-electron chi connectivity index (χ3n) is 4.86. The van der Waals surface area contributed by atoms with Gasteiger partial charge in [-0.3, -0.25) is 9.59 Å². The second-order valence-corrected chi connectivity index (χ2v) is 11.2. The highest BCUT2D eigenvalue weighted by atomic mass is 32.2. The number of ether oxygens (including phenoxy) is 2. The van der Waals surface area contributed by atoms with E-state index in [4.69, 9.17) is 9.47 Å². The summed E-state index contributed by atoms with van der Waals surface area (Å²) in [6.07, 6.45) is 4.15.